The number of carbonyl (C=O) groups excluding carboxylic acids is 1. The molecule has 0 spiro atoms. The van der Waals surface area contributed by atoms with E-state index in [1.54, 1.807) is 0 Å². The molecule has 0 heterocycles. The van der Waals surface area contributed by atoms with Gasteiger partial charge in [0.15, 0.2) is 9.84 Å². The van der Waals surface area contributed by atoms with Crippen LogP contribution in [0.15, 0.2) is 23.1 Å². The first-order chi connectivity index (χ1) is 8.90. The van der Waals surface area contributed by atoms with Gasteiger partial charge in [-0.15, -0.1) is 0 Å². The van der Waals surface area contributed by atoms with E-state index in [0.717, 1.165) is 25.0 Å². The van der Waals surface area contributed by atoms with Gasteiger partial charge in [0, 0.05) is 12.5 Å². The van der Waals surface area contributed by atoms with Crippen molar-refractivity contribution in [2.45, 2.75) is 17.7 Å². The SMILES string of the molecule is O=C(NCCS(=O)(=O)c1ccc(F)c(Cl)c1)C1CC1. The third kappa shape index (κ3) is 3.67. The van der Waals surface area contributed by atoms with Crippen molar-refractivity contribution in [1.82, 2.24) is 5.32 Å². The van der Waals surface area contributed by atoms with Gasteiger partial charge in [0.05, 0.1) is 15.7 Å². The average Bonchev–Trinajstić information content (AvgIpc) is 3.16. The fourth-order valence-electron chi connectivity index (χ4n) is 1.59. The molecule has 19 heavy (non-hydrogen) atoms. The van der Waals surface area contributed by atoms with E-state index in [1.165, 1.54) is 6.07 Å². The van der Waals surface area contributed by atoms with Crippen molar-refractivity contribution in [2.75, 3.05) is 12.3 Å². The number of sulfone groups is 1. The first-order valence-electron chi connectivity index (χ1n) is 5.85. The van der Waals surface area contributed by atoms with Gasteiger partial charge in [-0.2, -0.15) is 0 Å². The molecule has 1 fully saturated rings. The monoisotopic (exact) mass is 305 g/mol. The van der Waals surface area contributed by atoms with Crippen LogP contribution in [0.1, 0.15) is 12.8 Å². The lowest BCUT2D eigenvalue weighted by atomic mass is 10.3. The number of benzene rings is 1. The van der Waals surface area contributed by atoms with Gasteiger partial charge in [-0.3, -0.25) is 4.79 Å². The fraction of sp³-hybridized carbons (Fsp3) is 0.417. The standard InChI is InChI=1S/C12H13ClFNO3S/c13-10-7-9(3-4-11(10)14)19(17,18)6-5-15-12(16)8-1-2-8/h3-4,7-8H,1-2,5-6H2,(H,15,16). The van der Waals surface area contributed by atoms with Gasteiger partial charge in [-0.25, -0.2) is 12.8 Å². The molecule has 0 aliphatic heterocycles. The number of nitrogens with one attached hydrogen (secondary N) is 1. The fourth-order valence-corrected chi connectivity index (χ4v) is 3.01. The highest BCUT2D eigenvalue weighted by atomic mass is 35.5. The largest absolute Gasteiger partial charge is 0.355 e. The van der Waals surface area contributed by atoms with E-state index >= 15 is 0 Å². The summed E-state index contributed by atoms with van der Waals surface area (Å²) in [7, 11) is -3.57. The molecule has 1 aromatic carbocycles. The van der Waals surface area contributed by atoms with Gasteiger partial charge in [-0.1, -0.05) is 11.6 Å². The minimum absolute atomic E-state index is 0.0421. The van der Waals surface area contributed by atoms with E-state index in [-0.39, 0.29) is 34.0 Å². The topological polar surface area (TPSA) is 63.2 Å². The molecule has 0 saturated heterocycles. The van der Waals surface area contributed by atoms with E-state index in [9.17, 15) is 17.6 Å². The van der Waals surface area contributed by atoms with Gasteiger partial charge in [-0.05, 0) is 31.0 Å². The Morgan fingerprint density at radius 3 is 2.68 bits per heavy atom. The molecule has 2 rings (SSSR count). The highest BCUT2D eigenvalue weighted by Crippen LogP contribution is 2.28. The van der Waals surface area contributed by atoms with Crippen molar-refractivity contribution in [3.63, 3.8) is 0 Å². The first kappa shape index (κ1) is 14.3. The lowest BCUT2D eigenvalue weighted by Gasteiger charge is -2.06. The lowest BCUT2D eigenvalue weighted by molar-refractivity contribution is -0.122. The van der Waals surface area contributed by atoms with E-state index in [1.807, 2.05) is 0 Å². The maximum Gasteiger partial charge on any atom is 0.223 e. The zero-order valence-corrected chi connectivity index (χ0v) is 11.6. The summed E-state index contributed by atoms with van der Waals surface area (Å²) in [5, 5.41) is 2.34. The third-order valence-electron chi connectivity index (χ3n) is 2.87. The molecule has 1 aromatic rings. The van der Waals surface area contributed by atoms with Gasteiger partial charge in [0.25, 0.3) is 0 Å². The minimum atomic E-state index is -3.57. The molecular weight excluding hydrogens is 293 g/mol. The highest BCUT2D eigenvalue weighted by Gasteiger charge is 2.29. The molecule has 0 atom stereocenters. The maximum atomic E-state index is 13.0. The van der Waals surface area contributed by atoms with E-state index < -0.39 is 15.7 Å². The number of amides is 1. The Kier molecular flexibility index (Phi) is 4.10. The maximum absolute atomic E-state index is 13.0. The van der Waals surface area contributed by atoms with Crippen LogP contribution in [0, 0.1) is 11.7 Å². The number of halogens is 2. The van der Waals surface area contributed by atoms with Crippen molar-refractivity contribution in [2.24, 2.45) is 5.92 Å². The molecule has 1 aliphatic rings. The minimum Gasteiger partial charge on any atom is -0.355 e. The van der Waals surface area contributed by atoms with E-state index in [2.05, 4.69) is 5.32 Å². The van der Waals surface area contributed by atoms with Crippen molar-refractivity contribution in [3.8, 4) is 0 Å². The Morgan fingerprint density at radius 1 is 1.42 bits per heavy atom. The first-order valence-corrected chi connectivity index (χ1v) is 7.89. The number of hydrogen-bond acceptors (Lipinski definition) is 3. The van der Waals surface area contributed by atoms with Crippen LogP contribution < -0.4 is 5.32 Å². The van der Waals surface area contributed by atoms with E-state index in [4.69, 9.17) is 11.6 Å². The Labute approximate surface area is 115 Å². The number of hydrogen-bond donors (Lipinski definition) is 1. The second-order valence-corrected chi connectivity index (χ2v) is 6.98. The second kappa shape index (κ2) is 5.46. The summed E-state index contributed by atoms with van der Waals surface area (Å²) in [5.41, 5.74) is 0. The number of carbonyl (C=O) groups is 1. The summed E-state index contributed by atoms with van der Waals surface area (Å²) in [6.07, 6.45) is 1.73. The summed E-state index contributed by atoms with van der Waals surface area (Å²) in [4.78, 5) is 11.3. The molecule has 7 heteroatoms. The molecule has 1 aliphatic carbocycles. The van der Waals surface area contributed by atoms with Crippen LogP contribution >= 0.6 is 11.6 Å². The molecule has 104 valence electrons. The van der Waals surface area contributed by atoms with Crippen LogP contribution in [0.2, 0.25) is 5.02 Å². The molecule has 1 N–H and O–H groups in total. The van der Waals surface area contributed by atoms with Crippen LogP contribution in [-0.4, -0.2) is 26.6 Å². The van der Waals surface area contributed by atoms with Gasteiger partial charge in [0.2, 0.25) is 5.91 Å². The zero-order chi connectivity index (χ0) is 14.0. The zero-order valence-electron chi connectivity index (χ0n) is 10.0. The quantitative estimate of drug-likeness (QED) is 0.843. The number of rotatable bonds is 5. The van der Waals surface area contributed by atoms with Crippen molar-refractivity contribution in [1.29, 1.82) is 0 Å². The summed E-state index contributed by atoms with van der Waals surface area (Å²) >= 11 is 5.55. The normalized spacial score (nSPS) is 15.3. The van der Waals surface area contributed by atoms with Crippen molar-refractivity contribution >= 4 is 27.3 Å². The second-order valence-electron chi connectivity index (χ2n) is 4.46. The van der Waals surface area contributed by atoms with Crippen LogP contribution in [0.5, 0.6) is 0 Å². The Morgan fingerprint density at radius 2 is 2.11 bits per heavy atom. The Hall–Kier alpha value is -1.14. The predicted molar refractivity (Wildman–Crippen MR) is 69.2 cm³/mol. The average molecular weight is 306 g/mol. The summed E-state index contributed by atoms with van der Waals surface area (Å²) < 4.78 is 36.8. The molecular formula is C12H13ClFNO3S. The van der Waals surface area contributed by atoms with Crippen LogP contribution in [0.3, 0.4) is 0 Å². The van der Waals surface area contributed by atoms with Gasteiger partial charge < -0.3 is 5.32 Å². The van der Waals surface area contributed by atoms with E-state index in [0.29, 0.717) is 0 Å². The van der Waals surface area contributed by atoms with Crippen molar-refractivity contribution in [3.05, 3.63) is 29.0 Å². The smallest absolute Gasteiger partial charge is 0.223 e. The summed E-state index contributed by atoms with van der Waals surface area (Å²) in [6.45, 7) is 0.0483. The molecule has 1 amide bonds. The highest BCUT2D eigenvalue weighted by molar-refractivity contribution is 7.91. The predicted octanol–water partition coefficient (Wildman–Crippen LogP) is 1.78. The summed E-state index contributed by atoms with van der Waals surface area (Å²) in [5.74, 6) is -0.953. The third-order valence-corrected chi connectivity index (χ3v) is 4.87. The van der Waals surface area contributed by atoms with Crippen LogP contribution in [-0.2, 0) is 14.6 Å². The molecule has 0 unspecified atom stereocenters. The van der Waals surface area contributed by atoms with Crippen LogP contribution in [0.4, 0.5) is 4.39 Å². The Balaban J connectivity index is 1.97. The molecule has 1 saturated carbocycles. The molecule has 0 radical (unpaired) electrons. The molecule has 0 bridgehead atoms. The summed E-state index contributed by atoms with van der Waals surface area (Å²) in [6, 6.07) is 3.26. The van der Waals surface area contributed by atoms with Gasteiger partial charge >= 0.3 is 0 Å². The molecule has 0 aromatic heterocycles. The van der Waals surface area contributed by atoms with Crippen LogP contribution in [0.25, 0.3) is 0 Å². The Bertz CT molecular complexity index is 599. The lowest BCUT2D eigenvalue weighted by Crippen LogP contribution is -2.30. The van der Waals surface area contributed by atoms with Gasteiger partial charge in [0.1, 0.15) is 5.82 Å². The molecule has 4 nitrogen and oxygen atoms in total. The van der Waals surface area contributed by atoms with Crippen molar-refractivity contribution < 1.29 is 17.6 Å².